The van der Waals surface area contributed by atoms with Crippen molar-refractivity contribution < 1.29 is 9.66 Å². The fourth-order valence-corrected chi connectivity index (χ4v) is 2.77. The highest BCUT2D eigenvalue weighted by molar-refractivity contribution is 5.68. The number of benzene rings is 1. The van der Waals surface area contributed by atoms with Gasteiger partial charge in [0.2, 0.25) is 5.62 Å². The first-order valence-corrected chi connectivity index (χ1v) is 7.65. The van der Waals surface area contributed by atoms with E-state index in [-0.39, 0.29) is 5.69 Å². The van der Waals surface area contributed by atoms with Gasteiger partial charge in [0.05, 0.1) is 4.92 Å². The van der Waals surface area contributed by atoms with Crippen LogP contribution in [0.1, 0.15) is 0 Å². The van der Waals surface area contributed by atoms with E-state index in [0.29, 0.717) is 17.1 Å². The third-order valence-electron chi connectivity index (χ3n) is 3.93. The number of nitro benzene ring substituents is 1. The van der Waals surface area contributed by atoms with Crippen LogP contribution < -0.4 is 15.7 Å². The third kappa shape index (κ3) is 2.65. The van der Waals surface area contributed by atoms with Crippen LogP contribution in [0.3, 0.4) is 0 Å². The van der Waals surface area contributed by atoms with Gasteiger partial charge in [-0.3, -0.25) is 15.1 Å². The minimum absolute atomic E-state index is 0.0211. The van der Waals surface area contributed by atoms with Crippen LogP contribution in [0.15, 0.2) is 41.5 Å². The third-order valence-corrected chi connectivity index (χ3v) is 3.93. The molecule has 0 fully saturated rings. The van der Waals surface area contributed by atoms with Gasteiger partial charge in [-0.1, -0.05) is 0 Å². The highest BCUT2D eigenvalue weighted by Crippen LogP contribution is 2.37. The fourth-order valence-electron chi connectivity index (χ4n) is 2.77. The van der Waals surface area contributed by atoms with Crippen molar-refractivity contribution in [2.45, 2.75) is 6.54 Å². The number of nitrogens with one attached hydrogen (secondary N) is 1. The zero-order valence-corrected chi connectivity index (χ0v) is 13.3. The maximum absolute atomic E-state index is 10.8. The average Bonchev–Trinajstić information content (AvgIpc) is 3.12. The lowest BCUT2D eigenvalue weighted by molar-refractivity contribution is -0.384. The summed E-state index contributed by atoms with van der Waals surface area (Å²) in [7, 11) is 1.65. The summed E-state index contributed by atoms with van der Waals surface area (Å²) in [4.78, 5) is 23.0. The Kier molecular flexibility index (Phi) is 3.53. The zero-order chi connectivity index (χ0) is 17.4. The number of anilines is 1. The Morgan fingerprint density at radius 2 is 2.16 bits per heavy atom. The van der Waals surface area contributed by atoms with E-state index < -0.39 is 4.92 Å². The minimum Gasteiger partial charge on any atom is -0.454 e. The number of non-ortho nitro benzene ring substituents is 1. The number of nitro groups is 1. The predicted molar refractivity (Wildman–Crippen MR) is 89.8 cm³/mol. The Labute approximate surface area is 142 Å². The lowest BCUT2D eigenvalue weighted by Crippen LogP contribution is -2.17. The summed E-state index contributed by atoms with van der Waals surface area (Å²) < 4.78 is 7.96. The summed E-state index contributed by atoms with van der Waals surface area (Å²) in [5.41, 5.74) is 1.28. The van der Waals surface area contributed by atoms with Gasteiger partial charge in [0.15, 0.2) is 11.6 Å². The number of pyridine rings is 1. The Balaban J connectivity index is 1.78. The molecule has 0 aliphatic carbocycles. The molecule has 0 unspecified atom stereocenters. The van der Waals surface area contributed by atoms with Crippen molar-refractivity contribution in [2.75, 3.05) is 18.9 Å². The zero-order valence-electron chi connectivity index (χ0n) is 13.3. The van der Waals surface area contributed by atoms with Gasteiger partial charge >= 0.3 is 0 Å². The Morgan fingerprint density at radius 1 is 1.36 bits per heavy atom. The number of rotatable bonds is 3. The smallest absolute Gasteiger partial charge is 0.269 e. The Hall–Kier alpha value is -3.49. The highest BCUT2D eigenvalue weighted by Gasteiger charge is 2.22. The molecule has 1 aromatic rings. The molecule has 9 nitrogen and oxygen atoms in total. The molecule has 0 saturated heterocycles. The van der Waals surface area contributed by atoms with Crippen LogP contribution in [0.25, 0.3) is 11.4 Å². The van der Waals surface area contributed by atoms with Gasteiger partial charge in [0, 0.05) is 44.0 Å². The van der Waals surface area contributed by atoms with Gasteiger partial charge in [0.25, 0.3) is 5.69 Å². The van der Waals surface area contributed by atoms with E-state index in [0.717, 1.165) is 30.3 Å². The summed E-state index contributed by atoms with van der Waals surface area (Å²) >= 11 is 0. The molecule has 9 heteroatoms. The summed E-state index contributed by atoms with van der Waals surface area (Å²) in [6.45, 7) is 1.52. The first kappa shape index (κ1) is 15.1. The summed E-state index contributed by atoms with van der Waals surface area (Å²) in [6.07, 6.45) is 1.71. The quantitative estimate of drug-likeness (QED) is 0.578. The van der Waals surface area contributed by atoms with Crippen LogP contribution in [0, 0.1) is 10.1 Å². The van der Waals surface area contributed by atoms with E-state index in [9.17, 15) is 10.1 Å². The van der Waals surface area contributed by atoms with Gasteiger partial charge in [-0.05, 0) is 18.2 Å². The molecule has 0 saturated carbocycles. The molecule has 0 radical (unpaired) electrons. The molecule has 4 rings (SSSR count). The van der Waals surface area contributed by atoms with Gasteiger partial charge < -0.3 is 14.6 Å². The normalized spacial score (nSPS) is 13.6. The maximum Gasteiger partial charge on any atom is 0.269 e. The average molecular weight is 338 g/mol. The molecular formula is C16H14N6O3. The number of aromatic nitrogens is 3. The van der Waals surface area contributed by atoms with Gasteiger partial charge in [-0.25, -0.2) is 4.98 Å². The SMILES string of the molecule is CN=c1ncc2cc(Oc3ccc([N+](=O)[O-])cc3)c3n(c-2n1)CCN3. The van der Waals surface area contributed by atoms with E-state index in [1.807, 2.05) is 10.6 Å². The molecule has 3 aliphatic heterocycles. The molecule has 3 aliphatic rings. The molecular weight excluding hydrogens is 324 g/mol. The minimum atomic E-state index is -0.442. The van der Waals surface area contributed by atoms with Crippen molar-refractivity contribution >= 4 is 11.5 Å². The van der Waals surface area contributed by atoms with E-state index >= 15 is 0 Å². The Bertz CT molecular complexity index is 996. The van der Waals surface area contributed by atoms with Crippen LogP contribution in [-0.4, -0.2) is 33.1 Å². The second-order valence-corrected chi connectivity index (χ2v) is 5.46. The van der Waals surface area contributed by atoms with E-state index in [1.54, 1.807) is 25.4 Å². The van der Waals surface area contributed by atoms with Crippen molar-refractivity contribution in [1.82, 2.24) is 14.5 Å². The van der Waals surface area contributed by atoms with Crippen molar-refractivity contribution in [3.8, 4) is 22.9 Å². The molecule has 0 bridgehead atoms. The molecule has 1 N–H and O–H groups in total. The molecule has 0 aromatic heterocycles. The highest BCUT2D eigenvalue weighted by atomic mass is 16.6. The molecule has 0 amide bonds. The van der Waals surface area contributed by atoms with Crippen molar-refractivity contribution in [3.63, 3.8) is 0 Å². The lowest BCUT2D eigenvalue weighted by atomic mass is 10.2. The Morgan fingerprint density at radius 3 is 2.88 bits per heavy atom. The van der Waals surface area contributed by atoms with E-state index in [4.69, 9.17) is 4.74 Å². The molecule has 3 heterocycles. The van der Waals surface area contributed by atoms with Crippen LogP contribution in [0.2, 0.25) is 0 Å². The van der Waals surface area contributed by atoms with Crippen LogP contribution in [0.5, 0.6) is 11.5 Å². The monoisotopic (exact) mass is 338 g/mol. The van der Waals surface area contributed by atoms with E-state index in [2.05, 4.69) is 20.3 Å². The van der Waals surface area contributed by atoms with Crippen LogP contribution >= 0.6 is 0 Å². The fraction of sp³-hybridized carbons (Fsp3) is 0.188. The van der Waals surface area contributed by atoms with Crippen molar-refractivity contribution in [1.29, 1.82) is 0 Å². The number of ether oxygens (including phenoxy) is 1. The molecule has 0 spiro atoms. The summed E-state index contributed by atoms with van der Waals surface area (Å²) in [6, 6.07) is 7.82. The summed E-state index contributed by atoms with van der Waals surface area (Å²) in [5.74, 6) is 2.73. The lowest BCUT2D eigenvalue weighted by Gasteiger charge is -2.16. The van der Waals surface area contributed by atoms with Crippen LogP contribution in [-0.2, 0) is 6.54 Å². The number of hydrogen-bond acceptors (Lipinski definition) is 7. The molecule has 0 atom stereocenters. The number of fused-ring (bicyclic) bond motifs is 3. The van der Waals surface area contributed by atoms with Gasteiger partial charge in [0.1, 0.15) is 11.6 Å². The first-order chi connectivity index (χ1) is 12.2. The van der Waals surface area contributed by atoms with Gasteiger partial charge in [-0.15, -0.1) is 0 Å². The predicted octanol–water partition coefficient (Wildman–Crippen LogP) is 2.04. The molecule has 1 aromatic carbocycles. The topological polar surface area (TPSA) is 107 Å². The molecule has 25 heavy (non-hydrogen) atoms. The maximum atomic E-state index is 10.8. The van der Waals surface area contributed by atoms with E-state index in [1.165, 1.54) is 12.1 Å². The van der Waals surface area contributed by atoms with Crippen molar-refractivity contribution in [3.05, 3.63) is 52.3 Å². The first-order valence-electron chi connectivity index (χ1n) is 7.65. The largest absolute Gasteiger partial charge is 0.454 e. The van der Waals surface area contributed by atoms with Gasteiger partial charge in [-0.2, -0.15) is 4.98 Å². The second kappa shape index (κ2) is 5.86. The second-order valence-electron chi connectivity index (χ2n) is 5.46. The summed E-state index contributed by atoms with van der Waals surface area (Å²) in [5, 5.41) is 14.0. The molecule has 126 valence electrons. The number of nitrogens with zero attached hydrogens (tertiary/aromatic N) is 5. The van der Waals surface area contributed by atoms with Crippen LogP contribution in [0.4, 0.5) is 11.5 Å². The van der Waals surface area contributed by atoms with Crippen molar-refractivity contribution in [2.24, 2.45) is 4.99 Å². The number of hydrogen-bond donors (Lipinski definition) is 1. The standard InChI is InChI=1S/C16H14N6O3/c1-17-16-19-9-10-8-13(15-18-6-7-21(15)14(10)20-16)25-12-4-2-11(3-5-12)22(23)24/h2-5,8-9,18H,6-7H2,1H3.